The highest BCUT2D eigenvalue weighted by Crippen LogP contribution is 2.20. The van der Waals surface area contributed by atoms with Crippen LogP contribution in [0.5, 0.6) is 0 Å². The van der Waals surface area contributed by atoms with Gasteiger partial charge in [0, 0.05) is 30.2 Å². The van der Waals surface area contributed by atoms with Crippen LogP contribution < -0.4 is 5.32 Å². The summed E-state index contributed by atoms with van der Waals surface area (Å²) in [6.45, 7) is 6.41. The molecule has 0 aliphatic rings. The second-order valence-corrected chi connectivity index (χ2v) is 5.29. The molecule has 4 nitrogen and oxygen atoms in total. The summed E-state index contributed by atoms with van der Waals surface area (Å²) in [5, 5.41) is 2.95. The number of para-hydroxylation sites is 1. The minimum atomic E-state index is -0.0603. The van der Waals surface area contributed by atoms with Gasteiger partial charge in [-0.3, -0.25) is 4.79 Å². The third kappa shape index (κ3) is 3.34. The van der Waals surface area contributed by atoms with Gasteiger partial charge in [0.25, 0.3) is 5.91 Å². The van der Waals surface area contributed by atoms with Gasteiger partial charge in [0.2, 0.25) is 0 Å². The van der Waals surface area contributed by atoms with Crippen molar-refractivity contribution in [1.82, 2.24) is 9.88 Å². The quantitative estimate of drug-likeness (QED) is 0.918. The van der Waals surface area contributed by atoms with E-state index in [4.69, 9.17) is 4.74 Å². The summed E-state index contributed by atoms with van der Waals surface area (Å²) in [4.78, 5) is 12.4. The molecule has 1 unspecified atom stereocenters. The molecule has 0 spiro atoms. The molecular formula is C17H22N2O2. The number of carbonyl (C=O) groups excluding carboxylic acids is 1. The molecule has 0 aliphatic heterocycles. The number of ether oxygens (including phenoxy) is 1. The summed E-state index contributed by atoms with van der Waals surface area (Å²) in [5.74, 6) is -0.0603. The maximum Gasteiger partial charge on any atom is 0.253 e. The first kappa shape index (κ1) is 15.3. The van der Waals surface area contributed by atoms with E-state index in [9.17, 15) is 4.79 Å². The van der Waals surface area contributed by atoms with Gasteiger partial charge in [-0.15, -0.1) is 0 Å². The molecule has 0 radical (unpaired) electrons. The van der Waals surface area contributed by atoms with Gasteiger partial charge in [-0.2, -0.15) is 0 Å². The number of aromatic nitrogens is 1. The van der Waals surface area contributed by atoms with E-state index in [1.807, 2.05) is 57.2 Å². The Kier molecular flexibility index (Phi) is 4.81. The number of benzene rings is 1. The number of rotatable bonds is 5. The second kappa shape index (κ2) is 6.59. The highest BCUT2D eigenvalue weighted by molar-refractivity contribution is 5.96. The van der Waals surface area contributed by atoms with Crippen LogP contribution in [-0.2, 0) is 4.74 Å². The average molecular weight is 286 g/mol. The normalized spacial score (nSPS) is 12.2. The molecule has 1 amide bonds. The number of nitrogens with one attached hydrogen (secondary N) is 1. The van der Waals surface area contributed by atoms with Gasteiger partial charge in [0.15, 0.2) is 0 Å². The van der Waals surface area contributed by atoms with Crippen molar-refractivity contribution in [2.45, 2.75) is 26.8 Å². The molecule has 0 saturated carbocycles. The third-order valence-electron chi connectivity index (χ3n) is 3.48. The first-order valence-corrected chi connectivity index (χ1v) is 7.08. The molecule has 1 heterocycles. The van der Waals surface area contributed by atoms with E-state index in [2.05, 4.69) is 9.88 Å². The van der Waals surface area contributed by atoms with Crippen LogP contribution in [0.25, 0.3) is 5.69 Å². The Labute approximate surface area is 125 Å². The average Bonchev–Trinajstić information content (AvgIpc) is 2.75. The Hall–Kier alpha value is -2.07. The molecule has 1 aromatic carbocycles. The topological polar surface area (TPSA) is 43.3 Å². The summed E-state index contributed by atoms with van der Waals surface area (Å²) < 4.78 is 7.14. The van der Waals surface area contributed by atoms with Crippen molar-refractivity contribution in [2.24, 2.45) is 0 Å². The fourth-order valence-electron chi connectivity index (χ4n) is 2.56. The molecule has 0 saturated heterocycles. The Morgan fingerprint density at radius 2 is 1.95 bits per heavy atom. The molecule has 21 heavy (non-hydrogen) atoms. The first-order valence-electron chi connectivity index (χ1n) is 7.08. The molecule has 1 aromatic heterocycles. The molecule has 4 heteroatoms. The lowest BCUT2D eigenvalue weighted by Gasteiger charge is -2.13. The van der Waals surface area contributed by atoms with Gasteiger partial charge in [0.1, 0.15) is 0 Å². The van der Waals surface area contributed by atoms with Gasteiger partial charge < -0.3 is 14.6 Å². The highest BCUT2D eigenvalue weighted by atomic mass is 16.5. The zero-order chi connectivity index (χ0) is 15.4. The van der Waals surface area contributed by atoms with Gasteiger partial charge in [-0.1, -0.05) is 18.2 Å². The van der Waals surface area contributed by atoms with Crippen molar-refractivity contribution >= 4 is 5.91 Å². The number of amides is 1. The minimum absolute atomic E-state index is 0.0118. The largest absolute Gasteiger partial charge is 0.383 e. The van der Waals surface area contributed by atoms with E-state index in [0.29, 0.717) is 12.2 Å². The van der Waals surface area contributed by atoms with E-state index in [1.165, 1.54) is 0 Å². The van der Waals surface area contributed by atoms with Crippen LogP contribution in [-0.4, -0.2) is 30.2 Å². The van der Waals surface area contributed by atoms with Gasteiger partial charge >= 0.3 is 0 Å². The second-order valence-electron chi connectivity index (χ2n) is 5.29. The predicted molar refractivity (Wildman–Crippen MR) is 84.0 cm³/mol. The number of methoxy groups -OCH3 is 1. The molecule has 1 atom stereocenters. The monoisotopic (exact) mass is 286 g/mol. The van der Waals surface area contributed by atoms with E-state index in [0.717, 1.165) is 17.1 Å². The van der Waals surface area contributed by atoms with E-state index >= 15 is 0 Å². The maximum absolute atomic E-state index is 12.4. The standard InChI is InChI=1S/C17H22N2O2/c1-12(11-21-4)18-17(20)16-10-13(2)19(14(16)3)15-8-6-5-7-9-15/h5-10,12H,11H2,1-4H3,(H,18,20). The molecule has 0 bridgehead atoms. The van der Waals surface area contributed by atoms with Crippen molar-refractivity contribution < 1.29 is 9.53 Å². The summed E-state index contributed by atoms with van der Waals surface area (Å²) in [7, 11) is 1.63. The highest BCUT2D eigenvalue weighted by Gasteiger charge is 2.17. The Morgan fingerprint density at radius 1 is 1.29 bits per heavy atom. The van der Waals surface area contributed by atoms with Crippen molar-refractivity contribution in [2.75, 3.05) is 13.7 Å². The van der Waals surface area contributed by atoms with E-state index in [1.54, 1.807) is 7.11 Å². The summed E-state index contributed by atoms with van der Waals surface area (Å²) in [6, 6.07) is 12.0. The fourth-order valence-corrected chi connectivity index (χ4v) is 2.56. The summed E-state index contributed by atoms with van der Waals surface area (Å²) in [6.07, 6.45) is 0. The first-order chi connectivity index (χ1) is 10.0. The van der Waals surface area contributed by atoms with Crippen LogP contribution in [0.3, 0.4) is 0 Å². The third-order valence-corrected chi connectivity index (χ3v) is 3.48. The van der Waals surface area contributed by atoms with Gasteiger partial charge in [-0.05, 0) is 39.0 Å². The van der Waals surface area contributed by atoms with E-state index in [-0.39, 0.29) is 11.9 Å². The van der Waals surface area contributed by atoms with Crippen LogP contribution in [0.1, 0.15) is 28.7 Å². The Morgan fingerprint density at radius 3 is 2.57 bits per heavy atom. The number of carbonyl (C=O) groups is 1. The molecular weight excluding hydrogens is 264 g/mol. The lowest BCUT2D eigenvalue weighted by Crippen LogP contribution is -2.35. The van der Waals surface area contributed by atoms with Crippen LogP contribution in [0.4, 0.5) is 0 Å². The molecule has 0 aliphatic carbocycles. The predicted octanol–water partition coefficient (Wildman–Crippen LogP) is 2.86. The lowest BCUT2D eigenvalue weighted by atomic mass is 10.2. The summed E-state index contributed by atoms with van der Waals surface area (Å²) >= 11 is 0. The maximum atomic E-state index is 12.4. The number of aryl methyl sites for hydroxylation is 1. The van der Waals surface area contributed by atoms with Crippen LogP contribution >= 0.6 is 0 Å². The summed E-state index contributed by atoms with van der Waals surface area (Å²) in [5.41, 5.74) is 3.76. The number of nitrogens with zero attached hydrogens (tertiary/aromatic N) is 1. The molecule has 1 N–H and O–H groups in total. The molecule has 2 rings (SSSR count). The minimum Gasteiger partial charge on any atom is -0.383 e. The molecule has 0 fully saturated rings. The van der Waals surface area contributed by atoms with E-state index < -0.39 is 0 Å². The van der Waals surface area contributed by atoms with Crippen molar-refractivity contribution in [3.8, 4) is 5.69 Å². The van der Waals surface area contributed by atoms with Gasteiger partial charge in [0.05, 0.1) is 12.2 Å². The van der Waals surface area contributed by atoms with Crippen LogP contribution in [0.15, 0.2) is 36.4 Å². The zero-order valence-corrected chi connectivity index (χ0v) is 13.0. The fraction of sp³-hybridized carbons (Fsp3) is 0.353. The van der Waals surface area contributed by atoms with Gasteiger partial charge in [-0.25, -0.2) is 0 Å². The molecule has 112 valence electrons. The Bertz CT molecular complexity index is 617. The lowest BCUT2D eigenvalue weighted by molar-refractivity contribution is 0.0905. The smallest absolute Gasteiger partial charge is 0.253 e. The number of hydrogen-bond acceptors (Lipinski definition) is 2. The molecule has 2 aromatic rings. The van der Waals surface area contributed by atoms with Crippen molar-refractivity contribution in [3.63, 3.8) is 0 Å². The van der Waals surface area contributed by atoms with Crippen LogP contribution in [0.2, 0.25) is 0 Å². The van der Waals surface area contributed by atoms with Crippen molar-refractivity contribution in [3.05, 3.63) is 53.3 Å². The number of hydrogen-bond donors (Lipinski definition) is 1. The zero-order valence-electron chi connectivity index (χ0n) is 13.0. The van der Waals surface area contributed by atoms with Crippen LogP contribution in [0, 0.1) is 13.8 Å². The van der Waals surface area contributed by atoms with Crippen molar-refractivity contribution in [1.29, 1.82) is 0 Å². The Balaban J connectivity index is 2.29. The SMILES string of the molecule is COCC(C)NC(=O)c1cc(C)n(-c2ccccc2)c1C.